The molecule has 8 heteroatoms. The third kappa shape index (κ3) is 4.76. The number of pyridine rings is 1. The van der Waals surface area contributed by atoms with E-state index in [0.717, 1.165) is 16.5 Å². The Morgan fingerprint density at radius 3 is 2.50 bits per heavy atom. The van der Waals surface area contributed by atoms with E-state index < -0.39 is 28.9 Å². The fraction of sp³-hybridized carbons (Fsp3) is 0.125. The summed E-state index contributed by atoms with van der Waals surface area (Å²) in [5, 5.41) is 2.14. The molecule has 4 nitrogen and oxygen atoms in total. The van der Waals surface area contributed by atoms with Crippen molar-refractivity contribution in [3.8, 4) is 0 Å². The quantitative estimate of drug-likeness (QED) is 0.649. The van der Waals surface area contributed by atoms with Crippen molar-refractivity contribution in [2.75, 3.05) is 11.6 Å². The van der Waals surface area contributed by atoms with Crippen LogP contribution in [0.2, 0.25) is 0 Å². The summed E-state index contributed by atoms with van der Waals surface area (Å²) in [7, 11) is 0. The van der Waals surface area contributed by atoms with Crippen molar-refractivity contribution in [2.45, 2.75) is 11.1 Å². The van der Waals surface area contributed by atoms with E-state index in [-0.39, 0.29) is 0 Å². The molecule has 0 saturated carbocycles. The fourth-order valence-corrected chi connectivity index (χ4v) is 2.21. The van der Waals surface area contributed by atoms with Crippen molar-refractivity contribution in [2.24, 2.45) is 0 Å². The lowest BCUT2D eigenvalue weighted by Crippen LogP contribution is -2.20. The van der Waals surface area contributed by atoms with Gasteiger partial charge in [0.1, 0.15) is 5.69 Å². The van der Waals surface area contributed by atoms with E-state index in [1.807, 2.05) is 23.4 Å². The van der Waals surface area contributed by atoms with Crippen molar-refractivity contribution in [3.63, 3.8) is 0 Å². The highest BCUT2D eigenvalue weighted by Gasteiger charge is 2.31. The van der Waals surface area contributed by atoms with Gasteiger partial charge in [0.25, 0.3) is 5.56 Å². The zero-order valence-electron chi connectivity index (χ0n) is 12.5. The molecule has 2 N–H and O–H groups in total. The molecular formula is C16H13F3N2O2S. The number of anilines is 1. The Hall–Kier alpha value is -2.48. The van der Waals surface area contributed by atoms with Crippen molar-refractivity contribution >= 4 is 29.4 Å². The van der Waals surface area contributed by atoms with Crippen LogP contribution in [-0.4, -0.2) is 17.1 Å². The number of rotatable bonds is 4. The second-order valence-corrected chi connectivity index (χ2v) is 5.60. The predicted octanol–water partition coefficient (Wildman–Crippen LogP) is 3.77. The molecule has 0 bridgehead atoms. The molecule has 2 rings (SSSR count). The van der Waals surface area contributed by atoms with Crippen LogP contribution in [0, 0.1) is 0 Å². The number of hydrogen-bond acceptors (Lipinski definition) is 3. The SMILES string of the molecule is CSc1ccc(C=CC(=O)Nc2cc(C(F)(F)F)c[nH]c2=O)cc1. The van der Waals surface area contributed by atoms with Crippen LogP contribution < -0.4 is 10.9 Å². The summed E-state index contributed by atoms with van der Waals surface area (Å²) >= 11 is 1.58. The van der Waals surface area contributed by atoms with Gasteiger partial charge in [0.2, 0.25) is 5.91 Å². The molecule has 0 aliphatic carbocycles. The van der Waals surface area contributed by atoms with Gasteiger partial charge in [0, 0.05) is 17.2 Å². The highest BCUT2D eigenvalue weighted by molar-refractivity contribution is 7.98. The number of hydrogen-bond donors (Lipinski definition) is 2. The van der Waals surface area contributed by atoms with Gasteiger partial charge in [-0.1, -0.05) is 12.1 Å². The van der Waals surface area contributed by atoms with Crippen molar-refractivity contribution in [3.05, 3.63) is 64.1 Å². The molecule has 0 radical (unpaired) electrons. The van der Waals surface area contributed by atoms with Crippen LogP contribution in [0.4, 0.5) is 18.9 Å². The predicted molar refractivity (Wildman–Crippen MR) is 88.0 cm³/mol. The number of alkyl halides is 3. The minimum atomic E-state index is -4.61. The van der Waals surface area contributed by atoms with Crippen LogP contribution in [0.1, 0.15) is 11.1 Å². The molecule has 0 aliphatic heterocycles. The number of carbonyl (C=O) groups is 1. The average molecular weight is 354 g/mol. The third-order valence-electron chi connectivity index (χ3n) is 3.03. The molecule has 1 aromatic heterocycles. The maximum atomic E-state index is 12.6. The van der Waals surface area contributed by atoms with Crippen LogP contribution in [0.15, 0.2) is 52.3 Å². The zero-order chi connectivity index (χ0) is 17.7. The van der Waals surface area contributed by atoms with E-state index in [1.165, 1.54) is 6.08 Å². The van der Waals surface area contributed by atoms with E-state index >= 15 is 0 Å². The van der Waals surface area contributed by atoms with Gasteiger partial charge < -0.3 is 10.3 Å². The highest BCUT2D eigenvalue weighted by atomic mass is 32.2. The number of thioether (sulfide) groups is 1. The first-order valence-electron chi connectivity index (χ1n) is 6.72. The van der Waals surface area contributed by atoms with Gasteiger partial charge in [0.05, 0.1) is 5.56 Å². The normalized spacial score (nSPS) is 11.7. The fourth-order valence-electron chi connectivity index (χ4n) is 1.80. The van der Waals surface area contributed by atoms with Crippen molar-refractivity contribution in [1.29, 1.82) is 0 Å². The van der Waals surface area contributed by atoms with E-state index in [0.29, 0.717) is 12.3 Å². The van der Waals surface area contributed by atoms with Gasteiger partial charge in [0.15, 0.2) is 0 Å². The molecule has 24 heavy (non-hydrogen) atoms. The number of nitrogens with one attached hydrogen (secondary N) is 2. The summed E-state index contributed by atoms with van der Waals surface area (Å²) in [5.74, 6) is -0.700. The van der Waals surface area contributed by atoms with Crippen molar-refractivity contribution < 1.29 is 18.0 Å². The Balaban J connectivity index is 2.11. The molecule has 2 aromatic rings. The molecule has 126 valence electrons. The second-order valence-electron chi connectivity index (χ2n) is 4.72. The topological polar surface area (TPSA) is 62.0 Å². The maximum Gasteiger partial charge on any atom is 0.417 e. The molecule has 0 atom stereocenters. The number of H-pyrrole nitrogens is 1. The molecule has 0 spiro atoms. The Morgan fingerprint density at radius 2 is 1.92 bits per heavy atom. The Morgan fingerprint density at radius 1 is 1.25 bits per heavy atom. The van der Waals surface area contributed by atoms with Gasteiger partial charge in [-0.05, 0) is 36.1 Å². The standard InChI is InChI=1S/C16H13F3N2O2S/c1-24-12-5-2-10(3-6-12)4-7-14(22)21-13-8-11(16(17,18)19)9-20-15(13)23/h2-9H,1H3,(H,20,23)(H,21,22). The molecule has 1 heterocycles. The van der Waals surface area contributed by atoms with Crippen LogP contribution in [0.5, 0.6) is 0 Å². The first-order chi connectivity index (χ1) is 11.3. The lowest BCUT2D eigenvalue weighted by atomic mass is 10.2. The number of carbonyl (C=O) groups excluding carboxylic acids is 1. The summed E-state index contributed by atoms with van der Waals surface area (Å²) in [4.78, 5) is 26.3. The number of halogens is 3. The van der Waals surface area contributed by atoms with Crippen LogP contribution in [0.3, 0.4) is 0 Å². The summed E-state index contributed by atoms with van der Waals surface area (Å²) in [6, 6.07) is 7.94. The number of benzene rings is 1. The van der Waals surface area contributed by atoms with Crippen LogP contribution in [0.25, 0.3) is 6.08 Å². The number of aromatic amines is 1. The number of amides is 1. The largest absolute Gasteiger partial charge is 0.417 e. The molecule has 1 amide bonds. The Bertz CT molecular complexity index is 811. The zero-order valence-corrected chi connectivity index (χ0v) is 13.3. The minimum absolute atomic E-state index is 0.461. The van der Waals surface area contributed by atoms with Gasteiger partial charge in [-0.25, -0.2) is 0 Å². The molecule has 0 aliphatic rings. The van der Waals surface area contributed by atoms with Gasteiger partial charge in [-0.3, -0.25) is 9.59 Å². The minimum Gasteiger partial charge on any atom is -0.327 e. The van der Waals surface area contributed by atoms with Gasteiger partial charge in [-0.15, -0.1) is 11.8 Å². The second kappa shape index (κ2) is 7.39. The van der Waals surface area contributed by atoms with Gasteiger partial charge in [-0.2, -0.15) is 13.2 Å². The Labute approximate surface area is 139 Å². The van der Waals surface area contributed by atoms with Crippen molar-refractivity contribution in [1.82, 2.24) is 4.98 Å². The van der Waals surface area contributed by atoms with Crippen LogP contribution >= 0.6 is 11.8 Å². The van der Waals surface area contributed by atoms with Crippen LogP contribution in [-0.2, 0) is 11.0 Å². The highest BCUT2D eigenvalue weighted by Crippen LogP contribution is 2.29. The number of aromatic nitrogens is 1. The lowest BCUT2D eigenvalue weighted by molar-refractivity contribution is -0.137. The summed E-state index contributed by atoms with van der Waals surface area (Å²) in [5.41, 5.74) is -1.57. The molecule has 0 saturated heterocycles. The molecule has 1 aromatic carbocycles. The molecular weight excluding hydrogens is 341 g/mol. The van der Waals surface area contributed by atoms with E-state index in [4.69, 9.17) is 0 Å². The average Bonchev–Trinajstić information content (AvgIpc) is 2.54. The summed E-state index contributed by atoms with van der Waals surface area (Å²) in [6.45, 7) is 0. The summed E-state index contributed by atoms with van der Waals surface area (Å²) < 4.78 is 37.9. The maximum absolute atomic E-state index is 12.6. The molecule has 0 fully saturated rings. The lowest BCUT2D eigenvalue weighted by Gasteiger charge is -2.08. The summed E-state index contributed by atoms with van der Waals surface area (Å²) in [6.07, 6.45) is 0.527. The van der Waals surface area contributed by atoms with E-state index in [2.05, 4.69) is 5.32 Å². The first-order valence-corrected chi connectivity index (χ1v) is 7.95. The third-order valence-corrected chi connectivity index (χ3v) is 3.77. The van der Waals surface area contributed by atoms with E-state index in [1.54, 1.807) is 23.9 Å². The monoisotopic (exact) mass is 354 g/mol. The molecule has 0 unspecified atom stereocenters. The Kier molecular flexibility index (Phi) is 5.50. The first kappa shape index (κ1) is 17.9. The van der Waals surface area contributed by atoms with E-state index in [9.17, 15) is 22.8 Å². The smallest absolute Gasteiger partial charge is 0.327 e. The van der Waals surface area contributed by atoms with Gasteiger partial charge >= 0.3 is 6.18 Å².